The van der Waals surface area contributed by atoms with Crippen LogP contribution in [0.5, 0.6) is 5.75 Å². The van der Waals surface area contributed by atoms with Gasteiger partial charge in [-0.05, 0) is 50.6 Å². The molecule has 37 heavy (non-hydrogen) atoms. The van der Waals surface area contributed by atoms with Crippen LogP contribution in [0.3, 0.4) is 0 Å². The van der Waals surface area contributed by atoms with E-state index in [1.165, 1.54) is 0 Å². The van der Waals surface area contributed by atoms with E-state index in [0.29, 0.717) is 56.2 Å². The number of anilines is 1. The number of amides is 2. The van der Waals surface area contributed by atoms with Crippen molar-refractivity contribution in [1.29, 1.82) is 0 Å². The van der Waals surface area contributed by atoms with E-state index in [9.17, 15) is 9.59 Å². The number of nitrogens with one attached hydrogen (secondary N) is 2. The first-order valence-electron chi connectivity index (χ1n) is 12.5. The summed E-state index contributed by atoms with van der Waals surface area (Å²) in [6, 6.07) is 7.95. The van der Waals surface area contributed by atoms with Gasteiger partial charge in [-0.1, -0.05) is 6.58 Å². The van der Waals surface area contributed by atoms with Gasteiger partial charge in [-0.15, -0.1) is 0 Å². The minimum absolute atomic E-state index is 0.00540. The number of rotatable bonds is 5. The number of aromatic amines is 1. The molecule has 2 saturated heterocycles. The summed E-state index contributed by atoms with van der Waals surface area (Å²) in [4.78, 5) is 40.1. The normalized spacial score (nSPS) is 18.1. The van der Waals surface area contributed by atoms with Crippen molar-refractivity contribution in [3.8, 4) is 16.9 Å². The molecule has 2 N–H and O–H groups in total. The number of aromatic nitrogens is 3. The highest BCUT2D eigenvalue weighted by Gasteiger charge is 2.27. The van der Waals surface area contributed by atoms with Gasteiger partial charge < -0.3 is 29.6 Å². The van der Waals surface area contributed by atoms with Crippen LogP contribution in [-0.4, -0.2) is 70.2 Å². The van der Waals surface area contributed by atoms with Crippen molar-refractivity contribution in [3.63, 3.8) is 0 Å². The highest BCUT2D eigenvalue weighted by atomic mass is 16.6. The number of carbonyl (C=O) groups is 2. The van der Waals surface area contributed by atoms with Crippen LogP contribution in [0.4, 0.5) is 10.6 Å². The van der Waals surface area contributed by atoms with Gasteiger partial charge in [0.05, 0.1) is 11.8 Å². The maximum Gasteiger partial charge on any atom is 0.410 e. The summed E-state index contributed by atoms with van der Waals surface area (Å²) >= 11 is 0. The molecule has 0 spiro atoms. The second-order valence-corrected chi connectivity index (χ2v) is 10.4. The van der Waals surface area contributed by atoms with Crippen LogP contribution < -0.4 is 15.0 Å². The van der Waals surface area contributed by atoms with Crippen molar-refractivity contribution in [3.05, 3.63) is 49.1 Å². The molecule has 5 rings (SSSR count). The Hall–Kier alpha value is -4.08. The SMILES string of the molecule is C=C(Oc1cc(-c2ccc(N3CCN(C(=O)OC(C)(C)C)CC3)nc2)cc2[nH]cnc12)[C@H]1CNC(=O)C1. The van der Waals surface area contributed by atoms with Crippen molar-refractivity contribution in [2.45, 2.75) is 32.8 Å². The van der Waals surface area contributed by atoms with Gasteiger partial charge in [0.25, 0.3) is 0 Å². The molecule has 10 nitrogen and oxygen atoms in total. The molecule has 1 aromatic carbocycles. The Bertz CT molecular complexity index is 1320. The minimum atomic E-state index is -0.504. The molecule has 2 fully saturated rings. The standard InChI is InChI=1S/C27H32N6O4/c1-17(20-13-24(34)29-15-20)36-22-12-19(11-21-25(22)31-16-30-21)18-5-6-23(28-14-18)32-7-9-33(10-8-32)26(35)37-27(2,3)4/h5-6,11-12,14,16,20H,1,7-10,13,15H2,2-4H3,(H,29,34)(H,30,31)/t20-/m1/s1. The number of piperazine rings is 1. The molecule has 2 aliphatic heterocycles. The van der Waals surface area contributed by atoms with E-state index in [1.54, 1.807) is 11.2 Å². The zero-order valence-corrected chi connectivity index (χ0v) is 21.4. The van der Waals surface area contributed by atoms with Gasteiger partial charge in [0.1, 0.15) is 22.7 Å². The molecule has 0 saturated carbocycles. The number of pyridine rings is 1. The van der Waals surface area contributed by atoms with Gasteiger partial charge >= 0.3 is 6.09 Å². The number of fused-ring (bicyclic) bond motifs is 1. The quantitative estimate of drug-likeness (QED) is 0.510. The van der Waals surface area contributed by atoms with Gasteiger partial charge in [0.2, 0.25) is 5.91 Å². The van der Waals surface area contributed by atoms with Crippen LogP contribution >= 0.6 is 0 Å². The van der Waals surface area contributed by atoms with Gasteiger partial charge in [-0.25, -0.2) is 14.8 Å². The van der Waals surface area contributed by atoms with Crippen LogP contribution in [0.25, 0.3) is 22.2 Å². The van der Waals surface area contributed by atoms with E-state index in [-0.39, 0.29) is 17.9 Å². The molecule has 194 valence electrons. The van der Waals surface area contributed by atoms with Crippen LogP contribution in [-0.2, 0) is 9.53 Å². The highest BCUT2D eigenvalue weighted by Crippen LogP contribution is 2.33. The lowest BCUT2D eigenvalue weighted by Crippen LogP contribution is -2.50. The number of hydrogen-bond donors (Lipinski definition) is 2. The number of ether oxygens (including phenoxy) is 2. The first kappa shape index (κ1) is 24.6. The third-order valence-electron chi connectivity index (χ3n) is 6.50. The molecule has 2 amide bonds. The van der Waals surface area contributed by atoms with E-state index >= 15 is 0 Å². The van der Waals surface area contributed by atoms with Gasteiger partial charge in [0.15, 0.2) is 5.75 Å². The van der Waals surface area contributed by atoms with Gasteiger partial charge in [-0.3, -0.25) is 4.79 Å². The second-order valence-electron chi connectivity index (χ2n) is 10.4. The lowest BCUT2D eigenvalue weighted by Gasteiger charge is -2.36. The van der Waals surface area contributed by atoms with Crippen molar-refractivity contribution in [2.24, 2.45) is 5.92 Å². The largest absolute Gasteiger partial charge is 0.460 e. The van der Waals surface area contributed by atoms with Gasteiger partial charge in [0, 0.05) is 56.8 Å². The number of carbonyl (C=O) groups excluding carboxylic acids is 2. The molecule has 0 unspecified atom stereocenters. The zero-order chi connectivity index (χ0) is 26.2. The van der Waals surface area contributed by atoms with Crippen LogP contribution in [0, 0.1) is 5.92 Å². The van der Waals surface area contributed by atoms with Crippen LogP contribution in [0.2, 0.25) is 0 Å². The number of benzene rings is 1. The van der Waals surface area contributed by atoms with E-state index in [1.807, 2.05) is 51.2 Å². The molecule has 0 radical (unpaired) electrons. The summed E-state index contributed by atoms with van der Waals surface area (Å²) in [6.45, 7) is 12.7. The fourth-order valence-corrected chi connectivity index (χ4v) is 4.51. The summed E-state index contributed by atoms with van der Waals surface area (Å²) in [5.74, 6) is 1.92. The third-order valence-corrected chi connectivity index (χ3v) is 6.50. The van der Waals surface area contributed by atoms with Crippen molar-refractivity contribution in [1.82, 2.24) is 25.2 Å². The van der Waals surface area contributed by atoms with Crippen molar-refractivity contribution in [2.75, 3.05) is 37.6 Å². The Balaban J connectivity index is 1.28. The highest BCUT2D eigenvalue weighted by molar-refractivity contribution is 5.87. The summed E-state index contributed by atoms with van der Waals surface area (Å²) in [5.41, 5.74) is 2.89. The van der Waals surface area contributed by atoms with E-state index in [2.05, 4.69) is 26.8 Å². The number of hydrogen-bond acceptors (Lipinski definition) is 7. The third kappa shape index (κ3) is 5.52. The predicted molar refractivity (Wildman–Crippen MR) is 140 cm³/mol. The maximum atomic E-state index is 12.3. The number of nitrogens with zero attached hydrogens (tertiary/aromatic N) is 4. The predicted octanol–water partition coefficient (Wildman–Crippen LogP) is 3.71. The van der Waals surface area contributed by atoms with E-state index in [4.69, 9.17) is 14.5 Å². The molecule has 2 aliphatic rings. The first-order valence-corrected chi connectivity index (χ1v) is 12.5. The fourth-order valence-electron chi connectivity index (χ4n) is 4.51. The summed E-state index contributed by atoms with van der Waals surface area (Å²) in [7, 11) is 0. The monoisotopic (exact) mass is 504 g/mol. The lowest BCUT2D eigenvalue weighted by molar-refractivity contribution is -0.119. The molecular weight excluding hydrogens is 472 g/mol. The fraction of sp³-hybridized carbons (Fsp3) is 0.407. The average Bonchev–Trinajstić information content (AvgIpc) is 3.52. The molecular formula is C27H32N6O4. The summed E-state index contributed by atoms with van der Waals surface area (Å²) < 4.78 is 11.6. The molecule has 0 bridgehead atoms. The zero-order valence-electron chi connectivity index (χ0n) is 21.4. The lowest BCUT2D eigenvalue weighted by atomic mass is 10.1. The Kier molecular flexibility index (Phi) is 6.49. The Labute approximate surface area is 215 Å². The molecule has 10 heteroatoms. The smallest absolute Gasteiger partial charge is 0.410 e. The van der Waals surface area contributed by atoms with E-state index in [0.717, 1.165) is 22.5 Å². The molecule has 1 atom stereocenters. The van der Waals surface area contributed by atoms with Crippen molar-refractivity contribution >= 4 is 28.9 Å². The minimum Gasteiger partial charge on any atom is -0.460 e. The Morgan fingerprint density at radius 1 is 1.11 bits per heavy atom. The van der Waals surface area contributed by atoms with Crippen LogP contribution in [0.15, 0.2) is 49.1 Å². The van der Waals surface area contributed by atoms with Crippen LogP contribution in [0.1, 0.15) is 27.2 Å². The summed E-state index contributed by atoms with van der Waals surface area (Å²) in [5, 5.41) is 2.82. The molecule has 3 aromatic rings. The molecule has 0 aliphatic carbocycles. The van der Waals surface area contributed by atoms with Crippen molar-refractivity contribution < 1.29 is 19.1 Å². The number of imidazole rings is 1. The topological polar surface area (TPSA) is 113 Å². The van der Waals surface area contributed by atoms with E-state index < -0.39 is 5.60 Å². The number of H-pyrrole nitrogens is 1. The molecule has 4 heterocycles. The summed E-state index contributed by atoms with van der Waals surface area (Å²) in [6.07, 6.45) is 3.56. The Morgan fingerprint density at radius 2 is 1.89 bits per heavy atom. The molecule has 2 aromatic heterocycles. The maximum absolute atomic E-state index is 12.3. The van der Waals surface area contributed by atoms with Gasteiger partial charge in [-0.2, -0.15) is 0 Å². The Morgan fingerprint density at radius 3 is 2.54 bits per heavy atom. The second kappa shape index (κ2) is 9.76. The average molecular weight is 505 g/mol. The first-order chi connectivity index (χ1) is 17.7.